The first-order chi connectivity index (χ1) is 7.61. The standard InChI is InChI=1S/C12H19NO2S/c1-3-10-5-6-11(16-10)8-13-9(2)4-7-12(14)15/h5-6,9,13H,3-4,7-8H2,1-2H3,(H,14,15). The predicted octanol–water partition coefficient (Wildman–Crippen LogP) is 2.65. The smallest absolute Gasteiger partial charge is 0.303 e. The quantitative estimate of drug-likeness (QED) is 0.771. The molecule has 1 unspecified atom stereocenters. The van der Waals surface area contributed by atoms with Gasteiger partial charge in [0.1, 0.15) is 0 Å². The number of carbonyl (C=O) groups is 1. The lowest BCUT2D eigenvalue weighted by molar-refractivity contribution is -0.137. The molecule has 0 amide bonds. The van der Waals surface area contributed by atoms with E-state index in [1.54, 1.807) is 0 Å². The topological polar surface area (TPSA) is 49.3 Å². The van der Waals surface area contributed by atoms with Crippen molar-refractivity contribution in [3.8, 4) is 0 Å². The largest absolute Gasteiger partial charge is 0.481 e. The van der Waals surface area contributed by atoms with Crippen molar-refractivity contribution < 1.29 is 9.90 Å². The summed E-state index contributed by atoms with van der Waals surface area (Å²) < 4.78 is 0. The summed E-state index contributed by atoms with van der Waals surface area (Å²) in [6.45, 7) is 5.02. The highest BCUT2D eigenvalue weighted by Crippen LogP contribution is 2.16. The highest BCUT2D eigenvalue weighted by atomic mass is 32.1. The molecule has 0 radical (unpaired) electrons. The molecule has 2 N–H and O–H groups in total. The van der Waals surface area contributed by atoms with Crippen LogP contribution in [-0.2, 0) is 17.8 Å². The Morgan fingerprint density at radius 3 is 2.75 bits per heavy atom. The molecule has 1 aromatic rings. The summed E-state index contributed by atoms with van der Waals surface area (Å²) in [6.07, 6.45) is 2.00. The Morgan fingerprint density at radius 2 is 2.19 bits per heavy atom. The molecule has 0 aliphatic carbocycles. The average Bonchev–Trinajstić information content (AvgIpc) is 2.71. The van der Waals surface area contributed by atoms with Crippen molar-refractivity contribution >= 4 is 17.3 Å². The van der Waals surface area contributed by atoms with Gasteiger partial charge >= 0.3 is 5.97 Å². The van der Waals surface area contributed by atoms with Crippen LogP contribution < -0.4 is 5.32 Å². The van der Waals surface area contributed by atoms with Gasteiger partial charge in [-0.15, -0.1) is 11.3 Å². The van der Waals surface area contributed by atoms with Crippen LogP contribution >= 0.6 is 11.3 Å². The summed E-state index contributed by atoms with van der Waals surface area (Å²) in [5.74, 6) is -0.724. The van der Waals surface area contributed by atoms with E-state index in [9.17, 15) is 4.79 Å². The zero-order valence-corrected chi connectivity index (χ0v) is 10.6. The van der Waals surface area contributed by atoms with E-state index in [0.717, 1.165) is 13.0 Å². The molecule has 0 bridgehead atoms. The first-order valence-corrected chi connectivity index (χ1v) is 6.46. The molecule has 1 heterocycles. The van der Waals surface area contributed by atoms with Crippen LogP contribution in [0.15, 0.2) is 12.1 Å². The van der Waals surface area contributed by atoms with Gasteiger partial charge in [0.25, 0.3) is 0 Å². The Balaban J connectivity index is 2.25. The lowest BCUT2D eigenvalue weighted by Crippen LogP contribution is -2.25. The third-order valence-corrected chi connectivity index (χ3v) is 3.71. The van der Waals surface area contributed by atoms with Crippen molar-refractivity contribution in [2.24, 2.45) is 0 Å². The van der Waals surface area contributed by atoms with Gasteiger partial charge in [-0.25, -0.2) is 0 Å². The van der Waals surface area contributed by atoms with Crippen molar-refractivity contribution in [1.29, 1.82) is 0 Å². The normalized spacial score (nSPS) is 12.6. The fourth-order valence-corrected chi connectivity index (χ4v) is 2.33. The first-order valence-electron chi connectivity index (χ1n) is 5.64. The van der Waals surface area contributed by atoms with Crippen molar-refractivity contribution in [1.82, 2.24) is 5.32 Å². The fraction of sp³-hybridized carbons (Fsp3) is 0.583. The molecule has 1 aromatic heterocycles. The van der Waals surface area contributed by atoms with Gasteiger partial charge in [-0.05, 0) is 31.9 Å². The van der Waals surface area contributed by atoms with E-state index in [1.807, 2.05) is 18.3 Å². The molecule has 0 saturated carbocycles. The monoisotopic (exact) mass is 241 g/mol. The van der Waals surface area contributed by atoms with Crippen LogP contribution in [0, 0.1) is 0 Å². The lowest BCUT2D eigenvalue weighted by Gasteiger charge is -2.11. The first kappa shape index (κ1) is 13.2. The predicted molar refractivity (Wildman–Crippen MR) is 66.9 cm³/mol. The van der Waals surface area contributed by atoms with Crippen LogP contribution in [0.2, 0.25) is 0 Å². The fourth-order valence-electron chi connectivity index (χ4n) is 1.42. The Labute approximate surface area is 100 Å². The molecule has 0 aliphatic heterocycles. The second kappa shape index (κ2) is 6.66. The number of aliphatic carboxylic acids is 1. The van der Waals surface area contributed by atoms with Gasteiger partial charge in [0.05, 0.1) is 0 Å². The zero-order valence-electron chi connectivity index (χ0n) is 9.82. The highest BCUT2D eigenvalue weighted by Gasteiger charge is 2.05. The van der Waals surface area contributed by atoms with Crippen molar-refractivity contribution in [2.75, 3.05) is 0 Å². The molecule has 0 saturated heterocycles. The molecule has 90 valence electrons. The van der Waals surface area contributed by atoms with Gasteiger partial charge in [0, 0.05) is 28.8 Å². The number of rotatable bonds is 7. The number of nitrogens with one attached hydrogen (secondary N) is 1. The Hall–Kier alpha value is -0.870. The summed E-state index contributed by atoms with van der Waals surface area (Å²) in [5, 5.41) is 11.9. The minimum absolute atomic E-state index is 0.235. The molecule has 3 nitrogen and oxygen atoms in total. The minimum Gasteiger partial charge on any atom is -0.481 e. The van der Waals surface area contributed by atoms with E-state index in [-0.39, 0.29) is 12.5 Å². The molecule has 1 rings (SSSR count). The number of aryl methyl sites for hydroxylation is 1. The maximum Gasteiger partial charge on any atom is 0.303 e. The maximum absolute atomic E-state index is 10.4. The molecular weight excluding hydrogens is 222 g/mol. The summed E-state index contributed by atoms with van der Waals surface area (Å²) in [7, 11) is 0. The van der Waals surface area contributed by atoms with E-state index in [0.29, 0.717) is 6.42 Å². The second-order valence-corrected chi connectivity index (χ2v) is 5.19. The average molecular weight is 241 g/mol. The number of carboxylic acids is 1. The SMILES string of the molecule is CCc1ccc(CNC(C)CCC(=O)O)s1. The number of hydrogen-bond donors (Lipinski definition) is 2. The van der Waals surface area contributed by atoms with Crippen LogP contribution in [0.3, 0.4) is 0 Å². The van der Waals surface area contributed by atoms with Crippen molar-refractivity contribution in [2.45, 2.75) is 45.7 Å². The summed E-state index contributed by atoms with van der Waals surface area (Å²) in [5.41, 5.74) is 0. The third kappa shape index (κ3) is 4.77. The molecule has 0 spiro atoms. The third-order valence-electron chi connectivity index (χ3n) is 2.48. The van der Waals surface area contributed by atoms with Gasteiger partial charge in [-0.2, -0.15) is 0 Å². The number of carboxylic acid groups (broad SMARTS) is 1. The molecular formula is C12H19NO2S. The van der Waals surface area contributed by atoms with Gasteiger partial charge in [-0.1, -0.05) is 6.92 Å². The Bertz CT molecular complexity index is 336. The van der Waals surface area contributed by atoms with E-state index >= 15 is 0 Å². The van der Waals surface area contributed by atoms with Gasteiger partial charge in [-0.3, -0.25) is 4.79 Å². The Kier molecular flexibility index (Phi) is 5.49. The molecule has 4 heteroatoms. The summed E-state index contributed by atoms with van der Waals surface area (Å²) >= 11 is 1.82. The van der Waals surface area contributed by atoms with Gasteiger partial charge in [0.2, 0.25) is 0 Å². The minimum atomic E-state index is -0.724. The van der Waals surface area contributed by atoms with E-state index in [2.05, 4.69) is 24.4 Å². The van der Waals surface area contributed by atoms with Gasteiger partial charge in [0.15, 0.2) is 0 Å². The van der Waals surface area contributed by atoms with E-state index in [4.69, 9.17) is 5.11 Å². The van der Waals surface area contributed by atoms with Crippen LogP contribution in [0.1, 0.15) is 36.4 Å². The summed E-state index contributed by atoms with van der Waals surface area (Å²) in [6, 6.07) is 4.55. The van der Waals surface area contributed by atoms with Crippen LogP contribution in [0.5, 0.6) is 0 Å². The van der Waals surface area contributed by atoms with Crippen LogP contribution in [-0.4, -0.2) is 17.1 Å². The molecule has 0 aliphatic rings. The number of thiophene rings is 1. The van der Waals surface area contributed by atoms with Crippen molar-refractivity contribution in [3.05, 3.63) is 21.9 Å². The van der Waals surface area contributed by atoms with Crippen LogP contribution in [0.25, 0.3) is 0 Å². The molecule has 0 fully saturated rings. The van der Waals surface area contributed by atoms with E-state index < -0.39 is 5.97 Å². The molecule has 0 aromatic carbocycles. The Morgan fingerprint density at radius 1 is 1.50 bits per heavy atom. The lowest BCUT2D eigenvalue weighted by atomic mass is 10.2. The second-order valence-electron chi connectivity index (χ2n) is 3.94. The number of hydrogen-bond acceptors (Lipinski definition) is 3. The van der Waals surface area contributed by atoms with Crippen molar-refractivity contribution in [3.63, 3.8) is 0 Å². The highest BCUT2D eigenvalue weighted by molar-refractivity contribution is 7.11. The van der Waals surface area contributed by atoms with Crippen LogP contribution in [0.4, 0.5) is 0 Å². The maximum atomic E-state index is 10.4. The molecule has 1 atom stereocenters. The van der Waals surface area contributed by atoms with E-state index in [1.165, 1.54) is 9.75 Å². The van der Waals surface area contributed by atoms with Gasteiger partial charge < -0.3 is 10.4 Å². The summed E-state index contributed by atoms with van der Waals surface area (Å²) in [4.78, 5) is 13.1. The zero-order chi connectivity index (χ0) is 12.0. The molecule has 16 heavy (non-hydrogen) atoms.